The Morgan fingerprint density at radius 1 is 1.35 bits per heavy atom. The molecule has 1 amide bonds. The van der Waals surface area contributed by atoms with Gasteiger partial charge in [0.05, 0.1) is 35.0 Å². The van der Waals surface area contributed by atoms with Gasteiger partial charge in [0.2, 0.25) is 0 Å². The third-order valence-electron chi connectivity index (χ3n) is 4.03. The van der Waals surface area contributed by atoms with Crippen molar-refractivity contribution >= 4 is 22.9 Å². The highest BCUT2D eigenvalue weighted by Gasteiger charge is 2.19. The Morgan fingerprint density at radius 2 is 2.23 bits per heavy atom. The van der Waals surface area contributed by atoms with E-state index in [1.165, 1.54) is 11.3 Å². The predicted molar refractivity (Wildman–Crippen MR) is 96.7 cm³/mol. The minimum atomic E-state index is -0.278. The molecule has 4 aromatic rings. The number of H-pyrrole nitrogens is 2. The van der Waals surface area contributed by atoms with Crippen molar-refractivity contribution in [3.63, 3.8) is 0 Å². The number of fused-ring (bicyclic) bond motifs is 1. The van der Waals surface area contributed by atoms with Crippen LogP contribution in [0.5, 0.6) is 0 Å². The SMILES string of the molecule is CC(CO)NC(=O)c1cc(-c2c[nH][n+]3cc(-c4cn[nH]c4)cnc23)cs1. The highest BCUT2D eigenvalue weighted by molar-refractivity contribution is 7.12. The standard InChI is InChI=1S/C17H16N6O2S/c1-10(8-24)22-17(25)15-2-11(9-26-15)14-6-21-23-7-13(3-18-16(14)23)12-4-19-20-5-12/h2-7,9-10,24H,8H2,1H3,(H2,19,20,22,25)/p+1. The molecule has 0 aromatic carbocycles. The summed E-state index contributed by atoms with van der Waals surface area (Å²) in [5, 5.41) is 23.6. The monoisotopic (exact) mass is 369 g/mol. The number of hydrogen-bond donors (Lipinski definition) is 4. The number of nitrogens with one attached hydrogen (secondary N) is 3. The number of aliphatic hydroxyl groups is 1. The Kier molecular flexibility index (Phi) is 4.23. The van der Waals surface area contributed by atoms with Crippen LogP contribution in [0.2, 0.25) is 0 Å². The summed E-state index contributed by atoms with van der Waals surface area (Å²) >= 11 is 1.36. The first kappa shape index (κ1) is 16.4. The number of thiophene rings is 1. The van der Waals surface area contributed by atoms with Crippen LogP contribution in [0.4, 0.5) is 0 Å². The molecule has 4 rings (SSSR count). The Balaban J connectivity index is 1.64. The Bertz CT molecular complexity index is 1050. The molecule has 4 N–H and O–H groups in total. The Labute approximate surface area is 152 Å². The van der Waals surface area contributed by atoms with Crippen LogP contribution in [0.1, 0.15) is 16.6 Å². The molecule has 0 aliphatic rings. The molecule has 8 nitrogen and oxygen atoms in total. The molecule has 1 atom stereocenters. The van der Waals surface area contributed by atoms with Gasteiger partial charge in [0.1, 0.15) is 6.20 Å². The maximum atomic E-state index is 12.2. The zero-order valence-electron chi connectivity index (χ0n) is 13.9. The molecule has 0 radical (unpaired) electrons. The average molecular weight is 369 g/mol. The number of aromatic nitrogens is 5. The molecule has 0 aliphatic carbocycles. The lowest BCUT2D eigenvalue weighted by molar-refractivity contribution is -0.578. The second kappa shape index (κ2) is 6.70. The number of carbonyl (C=O) groups is 1. The van der Waals surface area contributed by atoms with Gasteiger partial charge in [0, 0.05) is 23.4 Å². The van der Waals surface area contributed by atoms with E-state index in [0.717, 1.165) is 27.9 Å². The van der Waals surface area contributed by atoms with Crippen LogP contribution < -0.4 is 9.83 Å². The summed E-state index contributed by atoms with van der Waals surface area (Å²) in [7, 11) is 0. The van der Waals surface area contributed by atoms with Gasteiger partial charge in [-0.1, -0.05) is 0 Å². The fraction of sp³-hybridized carbons (Fsp3) is 0.176. The van der Waals surface area contributed by atoms with E-state index in [9.17, 15) is 4.79 Å². The molecule has 0 aliphatic heterocycles. The number of nitrogens with zero attached hydrogens (tertiary/aromatic N) is 3. The minimum Gasteiger partial charge on any atom is -0.394 e. The van der Waals surface area contributed by atoms with E-state index in [2.05, 4.69) is 25.6 Å². The van der Waals surface area contributed by atoms with Crippen LogP contribution in [0.15, 0.2) is 42.4 Å². The van der Waals surface area contributed by atoms with Gasteiger partial charge in [-0.2, -0.15) is 5.10 Å². The van der Waals surface area contributed by atoms with Gasteiger partial charge >= 0.3 is 5.65 Å². The van der Waals surface area contributed by atoms with E-state index in [-0.39, 0.29) is 18.6 Å². The topological polar surface area (TPSA) is 111 Å². The largest absolute Gasteiger partial charge is 0.394 e. The van der Waals surface area contributed by atoms with Crippen molar-refractivity contribution in [2.75, 3.05) is 6.61 Å². The maximum absolute atomic E-state index is 12.2. The number of rotatable bonds is 5. The smallest absolute Gasteiger partial charge is 0.355 e. The number of aliphatic hydroxyl groups excluding tert-OH is 1. The second-order valence-corrected chi connectivity index (χ2v) is 6.88. The molecule has 132 valence electrons. The van der Waals surface area contributed by atoms with E-state index in [4.69, 9.17) is 5.11 Å². The van der Waals surface area contributed by atoms with Crippen LogP contribution >= 0.6 is 11.3 Å². The highest BCUT2D eigenvalue weighted by Crippen LogP contribution is 2.27. The summed E-state index contributed by atoms with van der Waals surface area (Å²) in [5.41, 5.74) is 4.49. The summed E-state index contributed by atoms with van der Waals surface area (Å²) < 4.78 is 1.84. The number of carbonyl (C=O) groups excluding carboxylic acids is 1. The molecule has 0 bridgehead atoms. The number of hydrogen-bond acceptors (Lipinski definition) is 5. The van der Waals surface area contributed by atoms with Crippen molar-refractivity contribution in [3.8, 4) is 22.3 Å². The summed E-state index contributed by atoms with van der Waals surface area (Å²) in [6.45, 7) is 1.66. The Morgan fingerprint density at radius 3 is 3.00 bits per heavy atom. The molecule has 0 spiro atoms. The molecule has 0 fully saturated rings. The van der Waals surface area contributed by atoms with Gasteiger partial charge in [0.15, 0.2) is 6.20 Å². The molecule has 4 aromatic heterocycles. The van der Waals surface area contributed by atoms with Gasteiger partial charge in [-0.3, -0.25) is 9.89 Å². The average Bonchev–Trinajstić information content (AvgIpc) is 3.39. The maximum Gasteiger partial charge on any atom is 0.355 e. The molecule has 26 heavy (non-hydrogen) atoms. The van der Waals surface area contributed by atoms with Crippen molar-refractivity contribution in [1.29, 1.82) is 0 Å². The Hall–Kier alpha value is -3.04. The van der Waals surface area contributed by atoms with Crippen LogP contribution in [0, 0.1) is 0 Å². The van der Waals surface area contributed by atoms with Gasteiger partial charge in [-0.25, -0.2) is 5.10 Å². The minimum absolute atomic E-state index is 0.0913. The fourth-order valence-electron chi connectivity index (χ4n) is 2.63. The lowest BCUT2D eigenvalue weighted by atomic mass is 10.1. The molecule has 4 heterocycles. The third-order valence-corrected chi connectivity index (χ3v) is 4.96. The van der Waals surface area contributed by atoms with Gasteiger partial charge in [-0.05, 0) is 23.4 Å². The summed E-state index contributed by atoms with van der Waals surface area (Å²) in [5.74, 6) is -0.189. The van der Waals surface area contributed by atoms with Gasteiger partial charge in [0.25, 0.3) is 5.91 Å². The third kappa shape index (κ3) is 2.98. The quantitative estimate of drug-likeness (QED) is 0.398. The highest BCUT2D eigenvalue weighted by atomic mass is 32.1. The van der Waals surface area contributed by atoms with E-state index in [1.807, 2.05) is 34.6 Å². The lowest BCUT2D eigenvalue weighted by Crippen LogP contribution is -2.34. The van der Waals surface area contributed by atoms with Crippen LogP contribution in [-0.2, 0) is 0 Å². The normalized spacial score (nSPS) is 12.4. The predicted octanol–water partition coefficient (Wildman–Crippen LogP) is 1.38. The molecular formula is C17H17N6O2S+. The summed E-state index contributed by atoms with van der Waals surface area (Å²) in [6, 6.07) is 1.55. The first-order chi connectivity index (χ1) is 12.7. The first-order valence-electron chi connectivity index (χ1n) is 8.04. The summed E-state index contributed by atoms with van der Waals surface area (Å²) in [4.78, 5) is 17.3. The lowest BCUT2D eigenvalue weighted by Gasteiger charge is -2.08. The van der Waals surface area contributed by atoms with Crippen LogP contribution in [0.3, 0.4) is 0 Å². The van der Waals surface area contributed by atoms with Crippen LogP contribution in [-0.4, -0.2) is 43.9 Å². The molecule has 0 saturated carbocycles. The van der Waals surface area contributed by atoms with Crippen molar-refractivity contribution in [2.24, 2.45) is 0 Å². The van der Waals surface area contributed by atoms with E-state index in [1.54, 1.807) is 19.3 Å². The zero-order chi connectivity index (χ0) is 18.1. The van der Waals surface area contributed by atoms with Crippen molar-refractivity contribution in [3.05, 3.63) is 47.3 Å². The first-order valence-corrected chi connectivity index (χ1v) is 8.92. The molecule has 0 saturated heterocycles. The summed E-state index contributed by atoms with van der Waals surface area (Å²) in [6.07, 6.45) is 9.15. The molecular weight excluding hydrogens is 352 g/mol. The molecule has 1 unspecified atom stereocenters. The van der Waals surface area contributed by atoms with Crippen molar-refractivity contribution in [2.45, 2.75) is 13.0 Å². The van der Waals surface area contributed by atoms with Crippen LogP contribution in [0.25, 0.3) is 27.9 Å². The van der Waals surface area contributed by atoms with E-state index >= 15 is 0 Å². The molecule has 9 heteroatoms. The zero-order valence-corrected chi connectivity index (χ0v) is 14.7. The number of aromatic amines is 2. The fourth-order valence-corrected chi connectivity index (χ4v) is 3.44. The van der Waals surface area contributed by atoms with Gasteiger partial charge in [-0.15, -0.1) is 15.9 Å². The number of amides is 1. The van der Waals surface area contributed by atoms with Crippen molar-refractivity contribution < 1.29 is 14.4 Å². The van der Waals surface area contributed by atoms with Crippen molar-refractivity contribution in [1.82, 2.24) is 25.6 Å². The second-order valence-electron chi connectivity index (χ2n) is 5.97. The van der Waals surface area contributed by atoms with E-state index < -0.39 is 0 Å². The van der Waals surface area contributed by atoms with Gasteiger partial charge < -0.3 is 10.4 Å². The van der Waals surface area contributed by atoms with E-state index in [0.29, 0.717) is 4.88 Å².